The second-order valence-corrected chi connectivity index (χ2v) is 3.69. The summed E-state index contributed by atoms with van der Waals surface area (Å²) in [4.78, 5) is 4.06. The van der Waals surface area contributed by atoms with Gasteiger partial charge in [0.25, 0.3) is 0 Å². The van der Waals surface area contributed by atoms with Gasteiger partial charge in [0.05, 0.1) is 6.20 Å². The number of hydrogen-bond donors (Lipinski definition) is 0. The van der Waals surface area contributed by atoms with Crippen LogP contribution >= 0.6 is 27.5 Å². The standard InChI is InChI=1S/C9H5BrClNO/c10-8-5-12-9(13-8)6-1-3-7(11)4-2-6/h1-5H. The van der Waals surface area contributed by atoms with Gasteiger partial charge in [-0.25, -0.2) is 4.98 Å². The van der Waals surface area contributed by atoms with E-state index >= 15 is 0 Å². The highest BCUT2D eigenvalue weighted by Gasteiger charge is 2.03. The van der Waals surface area contributed by atoms with E-state index in [9.17, 15) is 0 Å². The zero-order valence-electron chi connectivity index (χ0n) is 6.50. The maximum atomic E-state index is 5.74. The Labute approximate surface area is 88.7 Å². The quantitative estimate of drug-likeness (QED) is 0.778. The van der Waals surface area contributed by atoms with Crippen molar-refractivity contribution in [3.05, 3.63) is 40.2 Å². The summed E-state index contributed by atoms with van der Waals surface area (Å²) < 4.78 is 5.89. The smallest absolute Gasteiger partial charge is 0.227 e. The number of halogens is 2. The molecule has 13 heavy (non-hydrogen) atoms. The van der Waals surface area contributed by atoms with E-state index in [0.717, 1.165) is 5.56 Å². The molecule has 0 saturated heterocycles. The molecule has 66 valence electrons. The van der Waals surface area contributed by atoms with Crippen LogP contribution in [0.15, 0.2) is 39.5 Å². The summed E-state index contributed by atoms with van der Waals surface area (Å²) in [5.74, 6) is 0.587. The van der Waals surface area contributed by atoms with Crippen molar-refractivity contribution in [3.8, 4) is 11.5 Å². The van der Waals surface area contributed by atoms with Gasteiger partial charge in [-0.05, 0) is 40.2 Å². The molecule has 2 aromatic rings. The van der Waals surface area contributed by atoms with Crippen molar-refractivity contribution >= 4 is 27.5 Å². The first-order chi connectivity index (χ1) is 6.25. The van der Waals surface area contributed by atoms with Gasteiger partial charge in [0.15, 0.2) is 4.67 Å². The van der Waals surface area contributed by atoms with Gasteiger partial charge in [-0.15, -0.1) is 0 Å². The molecule has 0 aliphatic rings. The minimum absolute atomic E-state index is 0.587. The number of benzene rings is 1. The first kappa shape index (κ1) is 8.78. The van der Waals surface area contributed by atoms with Crippen LogP contribution in [-0.4, -0.2) is 4.98 Å². The first-order valence-electron chi connectivity index (χ1n) is 3.63. The Kier molecular flexibility index (Phi) is 2.38. The van der Waals surface area contributed by atoms with Gasteiger partial charge >= 0.3 is 0 Å². The fraction of sp³-hybridized carbons (Fsp3) is 0. The van der Waals surface area contributed by atoms with E-state index in [0.29, 0.717) is 15.6 Å². The highest BCUT2D eigenvalue weighted by atomic mass is 79.9. The Morgan fingerprint density at radius 1 is 1.23 bits per heavy atom. The maximum absolute atomic E-state index is 5.74. The molecule has 1 heterocycles. The van der Waals surface area contributed by atoms with Gasteiger partial charge in [0.2, 0.25) is 5.89 Å². The molecule has 0 atom stereocenters. The molecule has 2 nitrogen and oxygen atoms in total. The lowest BCUT2D eigenvalue weighted by Crippen LogP contribution is -1.74. The van der Waals surface area contributed by atoms with Gasteiger partial charge in [-0.1, -0.05) is 11.6 Å². The lowest BCUT2D eigenvalue weighted by molar-refractivity contribution is 0.549. The number of hydrogen-bond acceptors (Lipinski definition) is 2. The molecule has 4 heteroatoms. The molecular weight excluding hydrogens is 253 g/mol. The normalized spacial score (nSPS) is 10.3. The Bertz CT molecular complexity index is 410. The summed E-state index contributed by atoms with van der Waals surface area (Å²) >= 11 is 8.93. The highest BCUT2D eigenvalue weighted by molar-refractivity contribution is 9.10. The van der Waals surface area contributed by atoms with Crippen LogP contribution in [0.5, 0.6) is 0 Å². The van der Waals surface area contributed by atoms with E-state index in [1.807, 2.05) is 12.1 Å². The Hall–Kier alpha value is -0.800. The van der Waals surface area contributed by atoms with Gasteiger partial charge in [-0.3, -0.25) is 0 Å². The fourth-order valence-electron chi connectivity index (χ4n) is 0.980. The SMILES string of the molecule is Clc1ccc(-c2ncc(Br)o2)cc1. The molecule has 0 fully saturated rings. The average Bonchev–Trinajstić information content (AvgIpc) is 2.53. The lowest BCUT2D eigenvalue weighted by Gasteiger charge is -1.94. The van der Waals surface area contributed by atoms with Crippen LogP contribution < -0.4 is 0 Å². The van der Waals surface area contributed by atoms with E-state index < -0.39 is 0 Å². The van der Waals surface area contributed by atoms with E-state index in [1.165, 1.54) is 0 Å². The molecule has 0 aliphatic heterocycles. The fourth-order valence-corrected chi connectivity index (χ4v) is 1.36. The summed E-state index contributed by atoms with van der Waals surface area (Å²) in [6.07, 6.45) is 1.62. The van der Waals surface area contributed by atoms with Crippen LogP contribution in [0, 0.1) is 0 Å². The van der Waals surface area contributed by atoms with E-state index in [4.69, 9.17) is 16.0 Å². The third kappa shape index (κ3) is 1.92. The van der Waals surface area contributed by atoms with Crippen LogP contribution in [0.25, 0.3) is 11.5 Å². The topological polar surface area (TPSA) is 26.0 Å². The average molecular weight is 259 g/mol. The van der Waals surface area contributed by atoms with Crippen LogP contribution in [0.4, 0.5) is 0 Å². The van der Waals surface area contributed by atoms with Crippen LogP contribution in [0.1, 0.15) is 0 Å². The molecule has 0 saturated carbocycles. The maximum Gasteiger partial charge on any atom is 0.227 e. The zero-order chi connectivity index (χ0) is 9.26. The summed E-state index contributed by atoms with van der Waals surface area (Å²) in [5.41, 5.74) is 0.912. The number of nitrogens with zero attached hydrogens (tertiary/aromatic N) is 1. The molecule has 0 radical (unpaired) electrons. The minimum Gasteiger partial charge on any atom is -0.429 e. The van der Waals surface area contributed by atoms with Gasteiger partial charge in [-0.2, -0.15) is 0 Å². The van der Waals surface area contributed by atoms with Crippen LogP contribution in [-0.2, 0) is 0 Å². The Morgan fingerprint density at radius 2 is 1.92 bits per heavy atom. The van der Waals surface area contributed by atoms with Crippen molar-refractivity contribution in [1.82, 2.24) is 4.98 Å². The first-order valence-corrected chi connectivity index (χ1v) is 4.80. The molecule has 2 rings (SSSR count). The van der Waals surface area contributed by atoms with E-state index in [1.54, 1.807) is 18.3 Å². The second kappa shape index (κ2) is 3.52. The van der Waals surface area contributed by atoms with Crippen molar-refractivity contribution in [3.63, 3.8) is 0 Å². The van der Waals surface area contributed by atoms with Crippen LogP contribution in [0.2, 0.25) is 5.02 Å². The van der Waals surface area contributed by atoms with Crippen molar-refractivity contribution in [2.45, 2.75) is 0 Å². The Morgan fingerprint density at radius 3 is 2.46 bits per heavy atom. The van der Waals surface area contributed by atoms with Gasteiger partial charge in [0, 0.05) is 10.6 Å². The van der Waals surface area contributed by atoms with Crippen molar-refractivity contribution in [2.75, 3.05) is 0 Å². The lowest BCUT2D eigenvalue weighted by atomic mass is 10.2. The van der Waals surface area contributed by atoms with Gasteiger partial charge in [0.1, 0.15) is 0 Å². The predicted molar refractivity (Wildman–Crippen MR) is 54.6 cm³/mol. The minimum atomic E-state index is 0.587. The summed E-state index contributed by atoms with van der Waals surface area (Å²) in [7, 11) is 0. The summed E-state index contributed by atoms with van der Waals surface area (Å²) in [6, 6.07) is 7.32. The predicted octanol–water partition coefficient (Wildman–Crippen LogP) is 3.76. The third-order valence-electron chi connectivity index (χ3n) is 1.57. The zero-order valence-corrected chi connectivity index (χ0v) is 8.84. The molecule has 0 spiro atoms. The molecule has 0 bridgehead atoms. The largest absolute Gasteiger partial charge is 0.429 e. The third-order valence-corrected chi connectivity index (χ3v) is 2.19. The molecule has 1 aromatic heterocycles. The van der Waals surface area contributed by atoms with Gasteiger partial charge < -0.3 is 4.42 Å². The van der Waals surface area contributed by atoms with Crippen molar-refractivity contribution < 1.29 is 4.42 Å². The second-order valence-electron chi connectivity index (χ2n) is 2.48. The van der Waals surface area contributed by atoms with Crippen molar-refractivity contribution in [2.24, 2.45) is 0 Å². The molecule has 0 amide bonds. The molecular formula is C9H5BrClNO. The highest BCUT2D eigenvalue weighted by Crippen LogP contribution is 2.23. The van der Waals surface area contributed by atoms with Crippen molar-refractivity contribution in [1.29, 1.82) is 0 Å². The molecule has 0 N–H and O–H groups in total. The molecule has 1 aromatic carbocycles. The number of aromatic nitrogens is 1. The summed E-state index contributed by atoms with van der Waals surface area (Å²) in [6.45, 7) is 0. The van der Waals surface area contributed by atoms with Crippen LogP contribution in [0.3, 0.4) is 0 Å². The van der Waals surface area contributed by atoms with E-state index in [-0.39, 0.29) is 0 Å². The number of rotatable bonds is 1. The molecule has 0 unspecified atom stereocenters. The molecule has 0 aliphatic carbocycles. The number of oxazole rings is 1. The monoisotopic (exact) mass is 257 g/mol. The van der Waals surface area contributed by atoms with E-state index in [2.05, 4.69) is 20.9 Å². The summed E-state index contributed by atoms with van der Waals surface area (Å²) in [5, 5.41) is 0.703. The Balaban J connectivity index is 2.41.